The number of benzene rings is 1. The van der Waals surface area contributed by atoms with Crippen LogP contribution in [0.3, 0.4) is 0 Å². The van der Waals surface area contributed by atoms with Gasteiger partial charge in [0.2, 0.25) is 0 Å². The molecule has 0 radical (unpaired) electrons. The summed E-state index contributed by atoms with van der Waals surface area (Å²) < 4.78 is -0.526. The van der Waals surface area contributed by atoms with E-state index in [0.29, 0.717) is 11.3 Å². The first kappa shape index (κ1) is 8.71. The van der Waals surface area contributed by atoms with Gasteiger partial charge < -0.3 is 10.8 Å². The number of nitrogens with two attached hydrogens (primary N) is 1. The van der Waals surface area contributed by atoms with E-state index < -0.39 is 10.7 Å². The van der Waals surface area contributed by atoms with Gasteiger partial charge in [-0.25, -0.2) is 0 Å². The van der Waals surface area contributed by atoms with Gasteiger partial charge in [0.15, 0.2) is 11.5 Å². The minimum absolute atomic E-state index is 0.269. The number of carbonyl (C=O) groups is 1. The lowest BCUT2D eigenvalue weighted by atomic mass is 10.1. The van der Waals surface area contributed by atoms with E-state index in [-0.39, 0.29) is 5.84 Å². The molecule has 3 N–H and O–H groups in total. The number of nitrogens with zero attached hydrogens (tertiary/aromatic N) is 2. The van der Waals surface area contributed by atoms with Crippen molar-refractivity contribution >= 4 is 17.6 Å². The monoisotopic (exact) mass is 192 g/mol. The molecule has 1 aliphatic rings. The van der Waals surface area contributed by atoms with Gasteiger partial charge in [-0.3, -0.25) is 0 Å². The van der Waals surface area contributed by atoms with E-state index in [0.717, 1.165) is 0 Å². The molecule has 1 atom stereocenters. The van der Waals surface area contributed by atoms with Crippen molar-refractivity contribution in [1.82, 2.24) is 4.59 Å². The van der Waals surface area contributed by atoms with Crippen LogP contribution in [0.15, 0.2) is 29.4 Å². The van der Waals surface area contributed by atoms with Crippen LogP contribution in [-0.2, 0) is 0 Å². The van der Waals surface area contributed by atoms with Gasteiger partial charge in [0.25, 0.3) is 0 Å². The molecule has 0 spiro atoms. The third-order valence-corrected chi connectivity index (χ3v) is 2.33. The first-order chi connectivity index (χ1) is 6.55. The number of para-hydroxylation sites is 1. The summed E-state index contributed by atoms with van der Waals surface area (Å²) in [7, 11) is 1.49. The van der Waals surface area contributed by atoms with Crippen LogP contribution in [-0.4, -0.2) is 24.1 Å². The number of amidine groups is 1. The second-order valence-corrected chi connectivity index (χ2v) is 3.24. The molecule has 5 nitrogen and oxygen atoms in total. The Morgan fingerprint density at radius 1 is 1.50 bits per heavy atom. The molecule has 1 amide bonds. The first-order valence-corrected chi connectivity index (χ1v) is 4.11. The molecule has 1 aromatic carbocycles. The van der Waals surface area contributed by atoms with Crippen molar-refractivity contribution < 1.29 is 9.90 Å². The Balaban J connectivity index is 2.68. The van der Waals surface area contributed by atoms with Crippen molar-refractivity contribution in [3.8, 4) is 0 Å². The number of fused-ring (bicyclic) bond motifs is 1. The smallest absolute Gasteiger partial charge is 0.433 e. The predicted octanol–water partition coefficient (Wildman–Crippen LogP) is 0.936. The molecular formula is C9H10N3O2+. The summed E-state index contributed by atoms with van der Waals surface area (Å²) in [5.41, 5.74) is 6.92. The number of carboxylic acid groups (broad SMARTS) is 1. The highest BCUT2D eigenvalue weighted by Crippen LogP contribution is 2.31. The summed E-state index contributed by atoms with van der Waals surface area (Å²) in [6, 6.07) is 7.05. The Bertz CT molecular complexity index is 441. The Morgan fingerprint density at radius 3 is 2.79 bits per heavy atom. The number of amides is 1. The Labute approximate surface area is 80.7 Å². The van der Waals surface area contributed by atoms with Crippen LogP contribution < -0.4 is 10.3 Å². The molecule has 1 aliphatic heterocycles. The average molecular weight is 192 g/mol. The fourth-order valence-electron chi connectivity index (χ4n) is 1.54. The van der Waals surface area contributed by atoms with Gasteiger partial charge in [0.05, 0.1) is 5.56 Å². The lowest BCUT2D eigenvalue weighted by Crippen LogP contribution is -2.43. The third kappa shape index (κ3) is 0.928. The summed E-state index contributed by atoms with van der Waals surface area (Å²) in [4.78, 5) is 11.0. The Kier molecular flexibility index (Phi) is 1.59. The maximum absolute atomic E-state index is 11.0. The fourth-order valence-corrected chi connectivity index (χ4v) is 1.54. The van der Waals surface area contributed by atoms with Gasteiger partial charge in [-0.1, -0.05) is 16.7 Å². The lowest BCUT2D eigenvalue weighted by Gasteiger charge is -2.15. The fraction of sp³-hybridized carbons (Fsp3) is 0.111. The molecule has 2 rings (SSSR count). The van der Waals surface area contributed by atoms with Crippen molar-refractivity contribution in [2.24, 2.45) is 10.8 Å². The van der Waals surface area contributed by atoms with Gasteiger partial charge in [0.1, 0.15) is 7.05 Å². The number of hydrogen-bond acceptors (Lipinski definition) is 3. The zero-order valence-corrected chi connectivity index (χ0v) is 7.64. The second kappa shape index (κ2) is 2.55. The van der Waals surface area contributed by atoms with Crippen LogP contribution in [0.1, 0.15) is 5.56 Å². The van der Waals surface area contributed by atoms with Gasteiger partial charge in [0, 0.05) is 6.07 Å². The van der Waals surface area contributed by atoms with Crippen LogP contribution in [0.25, 0.3) is 0 Å². The normalized spacial score (nSPS) is 24.2. The highest BCUT2D eigenvalue weighted by molar-refractivity contribution is 6.08. The molecule has 1 aromatic rings. The lowest BCUT2D eigenvalue weighted by molar-refractivity contribution is 0.159. The first-order valence-electron chi connectivity index (χ1n) is 4.11. The van der Waals surface area contributed by atoms with Crippen LogP contribution in [0, 0.1) is 0 Å². The van der Waals surface area contributed by atoms with E-state index in [9.17, 15) is 4.79 Å². The van der Waals surface area contributed by atoms with E-state index in [1.165, 1.54) is 7.05 Å². The number of hydrogen-bond donors (Lipinski definition) is 2. The van der Waals surface area contributed by atoms with Gasteiger partial charge >= 0.3 is 6.09 Å². The van der Waals surface area contributed by atoms with E-state index in [1.54, 1.807) is 24.3 Å². The molecule has 0 aliphatic carbocycles. The van der Waals surface area contributed by atoms with Crippen molar-refractivity contribution in [2.75, 3.05) is 7.05 Å². The summed E-state index contributed by atoms with van der Waals surface area (Å²) >= 11 is 0. The molecule has 72 valence electrons. The van der Waals surface area contributed by atoms with Crippen molar-refractivity contribution in [1.29, 1.82) is 0 Å². The van der Waals surface area contributed by atoms with Crippen LogP contribution in [0.2, 0.25) is 0 Å². The average Bonchev–Trinajstić information content (AvgIpc) is 2.42. The van der Waals surface area contributed by atoms with Crippen molar-refractivity contribution in [3.05, 3.63) is 29.8 Å². The zero-order valence-electron chi connectivity index (χ0n) is 7.64. The van der Waals surface area contributed by atoms with Crippen molar-refractivity contribution in [2.45, 2.75) is 0 Å². The SMILES string of the molecule is C[N@+]1(C(=O)O)N=C(N)c2ccccc21. The van der Waals surface area contributed by atoms with Crippen LogP contribution in [0.5, 0.6) is 0 Å². The Morgan fingerprint density at radius 2 is 2.14 bits per heavy atom. The topological polar surface area (TPSA) is 75.7 Å². The minimum Gasteiger partial charge on any atom is -0.433 e. The molecule has 0 bridgehead atoms. The summed E-state index contributed by atoms with van der Waals surface area (Å²) in [6.07, 6.45) is -1.04. The van der Waals surface area contributed by atoms with Crippen LogP contribution in [0.4, 0.5) is 10.5 Å². The molecular weight excluding hydrogens is 182 g/mol. The molecule has 5 heteroatoms. The van der Waals surface area contributed by atoms with Gasteiger partial charge in [-0.15, -0.1) is 0 Å². The predicted molar refractivity (Wildman–Crippen MR) is 52.9 cm³/mol. The summed E-state index contributed by atoms with van der Waals surface area (Å²) in [5, 5.41) is 13.0. The largest absolute Gasteiger partial charge is 0.546 e. The summed E-state index contributed by atoms with van der Waals surface area (Å²) in [6.45, 7) is 0. The maximum Gasteiger partial charge on any atom is 0.546 e. The minimum atomic E-state index is -1.04. The molecule has 0 saturated carbocycles. The Hall–Kier alpha value is -1.88. The highest BCUT2D eigenvalue weighted by Gasteiger charge is 2.43. The number of rotatable bonds is 0. The molecule has 0 aromatic heterocycles. The van der Waals surface area contributed by atoms with Crippen molar-refractivity contribution in [3.63, 3.8) is 0 Å². The third-order valence-electron chi connectivity index (χ3n) is 2.33. The molecule has 1 heterocycles. The van der Waals surface area contributed by atoms with E-state index in [2.05, 4.69) is 5.10 Å². The molecule has 0 saturated heterocycles. The second-order valence-electron chi connectivity index (χ2n) is 3.24. The van der Waals surface area contributed by atoms with Gasteiger partial charge in [-0.05, 0) is 11.2 Å². The zero-order chi connectivity index (χ0) is 10.3. The highest BCUT2D eigenvalue weighted by atomic mass is 16.4. The van der Waals surface area contributed by atoms with Gasteiger partial charge in [-0.2, -0.15) is 4.79 Å². The molecule has 0 unspecified atom stereocenters. The molecule has 0 fully saturated rings. The molecule has 14 heavy (non-hydrogen) atoms. The van der Waals surface area contributed by atoms with Crippen LogP contribution >= 0.6 is 0 Å². The van der Waals surface area contributed by atoms with E-state index in [1.807, 2.05) is 0 Å². The van der Waals surface area contributed by atoms with E-state index in [4.69, 9.17) is 10.8 Å². The summed E-state index contributed by atoms with van der Waals surface area (Å²) in [5.74, 6) is 0.269. The maximum atomic E-state index is 11.0. The van der Waals surface area contributed by atoms with E-state index >= 15 is 0 Å². The standard InChI is InChI=1S/C9H9N3O2/c1-12(9(13)14)7-5-3-2-4-6(7)8(10)11-12/h2-5H,1H3,(H2-,10,11,13,14)/p+1/t12-/m0/s1. The quantitative estimate of drug-likeness (QED) is 0.600. The number of quaternary nitrogens is 1.